The molecule has 0 bridgehead atoms. The number of aryl methyl sites for hydroxylation is 2. The first-order valence-electron chi connectivity index (χ1n) is 6.67. The molecule has 0 saturated carbocycles. The summed E-state index contributed by atoms with van der Waals surface area (Å²) in [7, 11) is 0. The van der Waals surface area contributed by atoms with E-state index in [4.69, 9.17) is 0 Å². The third-order valence-electron chi connectivity index (χ3n) is 3.03. The lowest BCUT2D eigenvalue weighted by Gasteiger charge is -2.10. The van der Waals surface area contributed by atoms with Gasteiger partial charge < -0.3 is 10.6 Å². The van der Waals surface area contributed by atoms with Gasteiger partial charge in [0, 0.05) is 31.5 Å². The number of benzene rings is 1. The number of pyridine rings is 1. The van der Waals surface area contributed by atoms with Gasteiger partial charge in [0.1, 0.15) is 0 Å². The van der Waals surface area contributed by atoms with Gasteiger partial charge in [0.05, 0.1) is 5.69 Å². The largest absolute Gasteiger partial charge is 0.384 e. The van der Waals surface area contributed by atoms with Gasteiger partial charge in [0.15, 0.2) is 0 Å². The van der Waals surface area contributed by atoms with E-state index in [0.29, 0.717) is 0 Å². The van der Waals surface area contributed by atoms with E-state index in [1.807, 2.05) is 24.4 Å². The zero-order valence-corrected chi connectivity index (χ0v) is 11.6. The Morgan fingerprint density at radius 3 is 2.68 bits per heavy atom. The standard InChI is InChI=1S/C16H21N3/c1-13-6-7-16(14(2)11-13)19-10-9-17-12-15-5-3-4-8-18-15/h3-8,11,17,19H,9-10,12H2,1-2H3. The molecule has 0 unspecified atom stereocenters. The average Bonchev–Trinajstić information content (AvgIpc) is 2.42. The summed E-state index contributed by atoms with van der Waals surface area (Å²) in [6, 6.07) is 12.5. The van der Waals surface area contributed by atoms with E-state index in [2.05, 4.69) is 47.7 Å². The molecule has 1 aromatic carbocycles. The normalized spacial score (nSPS) is 10.4. The van der Waals surface area contributed by atoms with Gasteiger partial charge >= 0.3 is 0 Å². The maximum absolute atomic E-state index is 4.28. The Hall–Kier alpha value is -1.87. The van der Waals surface area contributed by atoms with Gasteiger partial charge in [0.2, 0.25) is 0 Å². The molecule has 0 amide bonds. The summed E-state index contributed by atoms with van der Waals surface area (Å²) in [6.45, 7) is 6.90. The van der Waals surface area contributed by atoms with Crippen molar-refractivity contribution in [3.8, 4) is 0 Å². The highest BCUT2D eigenvalue weighted by Gasteiger charge is 1.97. The van der Waals surface area contributed by atoms with Gasteiger partial charge in [0.25, 0.3) is 0 Å². The maximum atomic E-state index is 4.28. The second-order valence-electron chi connectivity index (χ2n) is 4.74. The van der Waals surface area contributed by atoms with Crippen LogP contribution in [-0.2, 0) is 6.54 Å². The highest BCUT2D eigenvalue weighted by molar-refractivity contribution is 5.51. The molecule has 0 fully saturated rings. The highest BCUT2D eigenvalue weighted by atomic mass is 15.0. The smallest absolute Gasteiger partial charge is 0.0541 e. The third-order valence-corrected chi connectivity index (χ3v) is 3.03. The van der Waals surface area contributed by atoms with E-state index in [-0.39, 0.29) is 0 Å². The van der Waals surface area contributed by atoms with Crippen LogP contribution in [-0.4, -0.2) is 18.1 Å². The fourth-order valence-electron chi connectivity index (χ4n) is 2.02. The highest BCUT2D eigenvalue weighted by Crippen LogP contribution is 2.15. The molecule has 2 aromatic rings. The number of aromatic nitrogens is 1. The van der Waals surface area contributed by atoms with E-state index in [0.717, 1.165) is 25.3 Å². The first kappa shape index (κ1) is 13.6. The van der Waals surface area contributed by atoms with Crippen LogP contribution in [0.5, 0.6) is 0 Å². The molecule has 3 heteroatoms. The molecule has 0 radical (unpaired) electrons. The molecule has 0 atom stereocenters. The Morgan fingerprint density at radius 1 is 1.05 bits per heavy atom. The van der Waals surface area contributed by atoms with Gasteiger partial charge in [-0.15, -0.1) is 0 Å². The van der Waals surface area contributed by atoms with Gasteiger partial charge in [-0.05, 0) is 37.6 Å². The molecule has 0 aliphatic heterocycles. The molecule has 1 heterocycles. The minimum Gasteiger partial charge on any atom is -0.384 e. The monoisotopic (exact) mass is 255 g/mol. The summed E-state index contributed by atoms with van der Waals surface area (Å²) in [6.07, 6.45) is 1.82. The Kier molecular flexibility index (Phi) is 4.93. The summed E-state index contributed by atoms with van der Waals surface area (Å²) >= 11 is 0. The van der Waals surface area contributed by atoms with Crippen molar-refractivity contribution in [1.82, 2.24) is 10.3 Å². The van der Waals surface area contributed by atoms with Crippen LogP contribution >= 0.6 is 0 Å². The fourth-order valence-corrected chi connectivity index (χ4v) is 2.02. The molecular formula is C16H21N3. The molecule has 0 saturated heterocycles. The number of nitrogens with zero attached hydrogens (tertiary/aromatic N) is 1. The molecule has 2 N–H and O–H groups in total. The SMILES string of the molecule is Cc1ccc(NCCNCc2ccccn2)c(C)c1. The van der Waals surface area contributed by atoms with Crippen molar-refractivity contribution in [2.45, 2.75) is 20.4 Å². The van der Waals surface area contributed by atoms with Crippen LogP contribution < -0.4 is 10.6 Å². The zero-order chi connectivity index (χ0) is 13.5. The summed E-state index contributed by atoms with van der Waals surface area (Å²) in [4.78, 5) is 4.28. The first-order chi connectivity index (χ1) is 9.25. The second kappa shape index (κ2) is 6.90. The van der Waals surface area contributed by atoms with Crippen molar-refractivity contribution in [2.24, 2.45) is 0 Å². The number of rotatable bonds is 6. The quantitative estimate of drug-likeness (QED) is 0.779. The summed E-state index contributed by atoms with van der Waals surface area (Å²) in [5.41, 5.74) is 4.89. The van der Waals surface area contributed by atoms with Crippen LogP contribution in [0.25, 0.3) is 0 Å². The zero-order valence-electron chi connectivity index (χ0n) is 11.6. The van der Waals surface area contributed by atoms with E-state index in [9.17, 15) is 0 Å². The van der Waals surface area contributed by atoms with Gasteiger partial charge in [-0.1, -0.05) is 23.8 Å². The molecule has 0 spiro atoms. The van der Waals surface area contributed by atoms with Crippen molar-refractivity contribution in [3.63, 3.8) is 0 Å². The third kappa shape index (κ3) is 4.38. The van der Waals surface area contributed by atoms with E-state index < -0.39 is 0 Å². The number of nitrogens with one attached hydrogen (secondary N) is 2. The Bertz CT molecular complexity index is 509. The Morgan fingerprint density at radius 2 is 1.95 bits per heavy atom. The van der Waals surface area contributed by atoms with Crippen molar-refractivity contribution in [1.29, 1.82) is 0 Å². The molecule has 0 aliphatic rings. The van der Waals surface area contributed by atoms with Gasteiger partial charge in [-0.3, -0.25) is 4.98 Å². The number of hydrogen-bond donors (Lipinski definition) is 2. The van der Waals surface area contributed by atoms with Crippen LogP contribution in [0.3, 0.4) is 0 Å². The molecule has 3 nitrogen and oxygen atoms in total. The molecule has 0 aliphatic carbocycles. The summed E-state index contributed by atoms with van der Waals surface area (Å²) in [5, 5.41) is 6.82. The molecule has 1 aromatic heterocycles. The van der Waals surface area contributed by atoms with Crippen LogP contribution in [0.15, 0.2) is 42.6 Å². The Balaban J connectivity index is 1.69. The molecule has 100 valence electrons. The molecular weight excluding hydrogens is 234 g/mol. The average molecular weight is 255 g/mol. The van der Waals surface area contributed by atoms with E-state index >= 15 is 0 Å². The minimum atomic E-state index is 0.815. The van der Waals surface area contributed by atoms with E-state index in [1.54, 1.807) is 0 Å². The van der Waals surface area contributed by atoms with Crippen molar-refractivity contribution < 1.29 is 0 Å². The maximum Gasteiger partial charge on any atom is 0.0541 e. The van der Waals surface area contributed by atoms with Crippen LogP contribution in [0.2, 0.25) is 0 Å². The van der Waals surface area contributed by atoms with Crippen molar-refractivity contribution in [2.75, 3.05) is 18.4 Å². The number of hydrogen-bond acceptors (Lipinski definition) is 3. The van der Waals surface area contributed by atoms with E-state index in [1.165, 1.54) is 16.8 Å². The second-order valence-corrected chi connectivity index (χ2v) is 4.74. The topological polar surface area (TPSA) is 37.0 Å². The molecule has 2 rings (SSSR count). The lowest BCUT2D eigenvalue weighted by atomic mass is 10.1. The lowest BCUT2D eigenvalue weighted by molar-refractivity contribution is 0.693. The predicted octanol–water partition coefficient (Wildman–Crippen LogP) is 2.90. The van der Waals surface area contributed by atoms with Crippen LogP contribution in [0.4, 0.5) is 5.69 Å². The minimum absolute atomic E-state index is 0.815. The fraction of sp³-hybridized carbons (Fsp3) is 0.312. The van der Waals surface area contributed by atoms with Gasteiger partial charge in [-0.2, -0.15) is 0 Å². The predicted molar refractivity (Wildman–Crippen MR) is 80.3 cm³/mol. The van der Waals surface area contributed by atoms with Gasteiger partial charge in [-0.25, -0.2) is 0 Å². The summed E-state index contributed by atoms with van der Waals surface area (Å²) in [5.74, 6) is 0. The lowest BCUT2D eigenvalue weighted by Crippen LogP contribution is -2.22. The van der Waals surface area contributed by atoms with Crippen molar-refractivity contribution in [3.05, 3.63) is 59.4 Å². The van der Waals surface area contributed by atoms with Crippen LogP contribution in [0, 0.1) is 13.8 Å². The van der Waals surface area contributed by atoms with Crippen LogP contribution in [0.1, 0.15) is 16.8 Å². The first-order valence-corrected chi connectivity index (χ1v) is 6.67. The number of anilines is 1. The summed E-state index contributed by atoms with van der Waals surface area (Å²) < 4.78 is 0. The van der Waals surface area contributed by atoms with Crippen molar-refractivity contribution >= 4 is 5.69 Å². The molecule has 19 heavy (non-hydrogen) atoms. The Labute approximate surface area is 115 Å².